The zero-order valence-corrected chi connectivity index (χ0v) is 17.5. The van der Waals surface area contributed by atoms with Crippen LogP contribution in [-0.2, 0) is 6.54 Å². The van der Waals surface area contributed by atoms with Crippen molar-refractivity contribution in [2.24, 2.45) is 5.73 Å². The molecule has 0 aliphatic carbocycles. The van der Waals surface area contributed by atoms with Crippen LogP contribution in [0.1, 0.15) is 21.5 Å². The first-order valence-electron chi connectivity index (χ1n) is 9.77. The normalized spacial score (nSPS) is 10.9. The minimum atomic E-state index is -1.53. The number of rotatable bonds is 7. The fourth-order valence-corrected chi connectivity index (χ4v) is 3.38. The third-order valence-corrected chi connectivity index (χ3v) is 4.97. The lowest BCUT2D eigenvalue weighted by molar-refractivity contribution is 0.100. The molecule has 0 saturated heterocycles. The summed E-state index contributed by atoms with van der Waals surface area (Å²) < 4.78 is 7.01. The molecule has 162 valence electrons. The Morgan fingerprint density at radius 2 is 2.00 bits per heavy atom. The summed E-state index contributed by atoms with van der Waals surface area (Å²) in [4.78, 5) is 25.2. The Hall–Kier alpha value is -3.96. The van der Waals surface area contributed by atoms with Gasteiger partial charge in [0.2, 0.25) is 5.95 Å². The van der Waals surface area contributed by atoms with E-state index in [-0.39, 0.29) is 11.6 Å². The number of imidazole rings is 1. The lowest BCUT2D eigenvalue weighted by Gasteiger charge is -2.12. The first-order valence-corrected chi connectivity index (χ1v) is 9.77. The van der Waals surface area contributed by atoms with E-state index < -0.39 is 13.0 Å². The molecule has 4 aromatic rings. The van der Waals surface area contributed by atoms with Crippen LogP contribution in [0.25, 0.3) is 17.0 Å². The van der Waals surface area contributed by atoms with Gasteiger partial charge in [0, 0.05) is 18.3 Å². The molecule has 2 aromatic heterocycles. The predicted molar refractivity (Wildman–Crippen MR) is 120 cm³/mol. The molecule has 0 fully saturated rings. The van der Waals surface area contributed by atoms with Gasteiger partial charge in [-0.25, -0.2) is 9.55 Å². The van der Waals surface area contributed by atoms with Crippen LogP contribution in [0.4, 0.5) is 5.82 Å². The highest BCUT2D eigenvalue weighted by atomic mass is 16.5. The molecule has 2 heterocycles. The van der Waals surface area contributed by atoms with Crippen molar-refractivity contribution in [2.45, 2.75) is 13.5 Å². The van der Waals surface area contributed by atoms with Crippen LogP contribution in [0.5, 0.6) is 6.01 Å². The number of fused-ring (bicyclic) bond motifs is 1. The Labute approximate surface area is 183 Å². The summed E-state index contributed by atoms with van der Waals surface area (Å²) in [6, 6.07) is 12.3. The molecule has 10 nitrogen and oxygen atoms in total. The highest BCUT2D eigenvalue weighted by molar-refractivity contribution is 6.58. The van der Waals surface area contributed by atoms with Crippen LogP contribution in [0.3, 0.4) is 0 Å². The maximum atomic E-state index is 11.8. The number of benzene rings is 2. The zero-order chi connectivity index (χ0) is 22.8. The topological polar surface area (TPSA) is 148 Å². The van der Waals surface area contributed by atoms with Gasteiger partial charge in [-0.1, -0.05) is 30.3 Å². The molecule has 0 aliphatic rings. The van der Waals surface area contributed by atoms with Crippen molar-refractivity contribution in [3.05, 3.63) is 65.4 Å². The smallest absolute Gasteiger partial charge is 0.468 e. The average Bonchev–Trinajstić information content (AvgIpc) is 3.17. The molecule has 0 radical (unpaired) electrons. The number of para-hydroxylation sites is 1. The predicted octanol–water partition coefficient (Wildman–Crippen LogP) is 0.523. The number of carbonyl (C=O) groups excluding carboxylic acids is 1. The van der Waals surface area contributed by atoms with Gasteiger partial charge >= 0.3 is 13.1 Å². The van der Waals surface area contributed by atoms with Gasteiger partial charge in [0.1, 0.15) is 11.3 Å². The fraction of sp³-hybridized carbons (Fsp3) is 0.143. The van der Waals surface area contributed by atoms with Gasteiger partial charge in [0.15, 0.2) is 0 Å². The number of nitrogens with zero attached hydrogens (tertiary/aromatic N) is 4. The van der Waals surface area contributed by atoms with E-state index in [1.54, 1.807) is 47.2 Å². The Balaban J connectivity index is 1.72. The minimum Gasteiger partial charge on any atom is -0.468 e. The lowest BCUT2D eigenvalue weighted by Crippen LogP contribution is -2.30. The van der Waals surface area contributed by atoms with Crippen molar-refractivity contribution in [1.29, 1.82) is 0 Å². The van der Waals surface area contributed by atoms with E-state index in [0.717, 1.165) is 11.1 Å². The second kappa shape index (κ2) is 8.65. The number of aryl methyl sites for hydroxylation is 1. The van der Waals surface area contributed by atoms with Crippen molar-refractivity contribution in [3.63, 3.8) is 0 Å². The van der Waals surface area contributed by atoms with Crippen molar-refractivity contribution >= 4 is 35.3 Å². The quantitative estimate of drug-likeness (QED) is 0.309. The Morgan fingerprint density at radius 3 is 2.72 bits per heavy atom. The molecule has 1 amide bonds. The standard InChI is InChI=1S/C21H21BN6O4/c1-12-10-25-20(27-19(12)24-11-13-5-3-6-14(9-13)22(30)31)28-16-8-4-7-15(18(23)29)17(16)26-21(28)32-2/h3-10,30-31H,11H2,1-2H3,(H2,23,29)(H,24,25,27). The Kier molecular flexibility index (Phi) is 5.76. The number of nitrogens with two attached hydrogens (primary N) is 1. The molecule has 2 aromatic carbocycles. The van der Waals surface area contributed by atoms with Crippen molar-refractivity contribution in [2.75, 3.05) is 12.4 Å². The number of anilines is 1. The lowest BCUT2D eigenvalue weighted by atomic mass is 9.80. The van der Waals surface area contributed by atoms with E-state index in [0.29, 0.717) is 34.8 Å². The highest BCUT2D eigenvalue weighted by Crippen LogP contribution is 2.27. The summed E-state index contributed by atoms with van der Waals surface area (Å²) in [5.41, 5.74) is 8.81. The second-order valence-corrected chi connectivity index (χ2v) is 7.15. The molecule has 11 heteroatoms. The summed E-state index contributed by atoms with van der Waals surface area (Å²) in [6.45, 7) is 2.28. The number of hydrogen-bond donors (Lipinski definition) is 4. The number of carbonyl (C=O) groups is 1. The molecule has 0 unspecified atom stereocenters. The maximum Gasteiger partial charge on any atom is 0.488 e. The van der Waals surface area contributed by atoms with Gasteiger partial charge in [-0.15, -0.1) is 0 Å². The molecular weight excluding hydrogens is 411 g/mol. The number of amides is 1. The van der Waals surface area contributed by atoms with E-state index in [9.17, 15) is 14.8 Å². The second-order valence-electron chi connectivity index (χ2n) is 7.15. The number of nitrogens with one attached hydrogen (secondary N) is 1. The molecule has 0 saturated carbocycles. The third-order valence-electron chi connectivity index (χ3n) is 4.97. The molecule has 0 atom stereocenters. The van der Waals surface area contributed by atoms with Crippen molar-refractivity contribution in [3.8, 4) is 12.0 Å². The summed E-state index contributed by atoms with van der Waals surface area (Å²) >= 11 is 0. The van der Waals surface area contributed by atoms with E-state index in [1.807, 2.05) is 13.0 Å². The maximum absolute atomic E-state index is 11.8. The molecule has 32 heavy (non-hydrogen) atoms. The van der Waals surface area contributed by atoms with Crippen LogP contribution in [0.15, 0.2) is 48.7 Å². The van der Waals surface area contributed by atoms with Gasteiger partial charge < -0.3 is 25.8 Å². The van der Waals surface area contributed by atoms with Crippen LogP contribution in [0.2, 0.25) is 0 Å². The van der Waals surface area contributed by atoms with Gasteiger partial charge in [-0.2, -0.15) is 9.97 Å². The number of methoxy groups -OCH3 is 1. The summed E-state index contributed by atoms with van der Waals surface area (Å²) in [7, 11) is -0.0629. The van der Waals surface area contributed by atoms with Gasteiger partial charge in [0.25, 0.3) is 5.91 Å². The Morgan fingerprint density at radius 1 is 1.22 bits per heavy atom. The van der Waals surface area contributed by atoms with E-state index in [2.05, 4.69) is 20.3 Å². The number of primary amides is 1. The van der Waals surface area contributed by atoms with Crippen molar-refractivity contribution < 1.29 is 19.6 Å². The number of aromatic nitrogens is 4. The average molecular weight is 432 g/mol. The van der Waals surface area contributed by atoms with Crippen LogP contribution in [-0.4, -0.2) is 49.7 Å². The van der Waals surface area contributed by atoms with Gasteiger partial charge in [-0.3, -0.25) is 4.79 Å². The first kappa shape index (κ1) is 21.3. The summed E-state index contributed by atoms with van der Waals surface area (Å²) in [5, 5.41) is 22.0. The Bertz CT molecular complexity index is 1310. The van der Waals surface area contributed by atoms with Gasteiger partial charge in [0.05, 0.1) is 18.2 Å². The molecule has 0 spiro atoms. The number of ether oxygens (including phenoxy) is 1. The van der Waals surface area contributed by atoms with E-state index in [4.69, 9.17) is 10.5 Å². The zero-order valence-electron chi connectivity index (χ0n) is 17.5. The molecule has 0 aliphatic heterocycles. The monoisotopic (exact) mass is 432 g/mol. The van der Waals surface area contributed by atoms with E-state index >= 15 is 0 Å². The molecule has 4 rings (SSSR count). The molecular formula is C21H21BN6O4. The van der Waals surface area contributed by atoms with E-state index in [1.165, 1.54) is 7.11 Å². The summed E-state index contributed by atoms with van der Waals surface area (Å²) in [5.74, 6) is 0.295. The minimum absolute atomic E-state index is 0.216. The van der Waals surface area contributed by atoms with Crippen LogP contribution >= 0.6 is 0 Å². The number of hydrogen-bond acceptors (Lipinski definition) is 8. The highest BCUT2D eigenvalue weighted by Gasteiger charge is 2.20. The van der Waals surface area contributed by atoms with Gasteiger partial charge in [-0.05, 0) is 30.1 Å². The largest absolute Gasteiger partial charge is 0.488 e. The SMILES string of the molecule is COc1nc2c(C(N)=O)cccc2n1-c1ncc(C)c(NCc2cccc(B(O)O)c2)n1. The third kappa shape index (κ3) is 3.98. The molecule has 5 N–H and O–H groups in total. The van der Waals surface area contributed by atoms with Crippen LogP contribution < -0.4 is 21.3 Å². The first-order chi connectivity index (χ1) is 15.4. The molecule has 0 bridgehead atoms. The summed E-state index contributed by atoms with van der Waals surface area (Å²) in [6.07, 6.45) is 1.67. The fourth-order valence-electron chi connectivity index (χ4n) is 3.38. The van der Waals surface area contributed by atoms with Crippen LogP contribution in [0, 0.1) is 6.92 Å². The van der Waals surface area contributed by atoms with Crippen molar-refractivity contribution in [1.82, 2.24) is 19.5 Å².